The summed E-state index contributed by atoms with van der Waals surface area (Å²) in [5.74, 6) is -1.79. The monoisotopic (exact) mass is 219 g/mol. The number of morpholine rings is 1. The maximum Gasteiger partial charge on any atom is 0.332 e. The van der Waals surface area contributed by atoms with Gasteiger partial charge in [-0.05, 0) is 13.8 Å². The average Bonchev–Trinajstić information content (AvgIpc) is 2.13. The Kier molecular flexibility index (Phi) is 5.32. The standard InChI is InChI=1S/C5H7NO3.C3H6O3/c1-3-5(8)6-2-4(7)9-3;1-2(4)3(5)6/h3H,2H2,1H3,(H,6,8);2,4H,1H3,(H,5,6). The lowest BCUT2D eigenvalue weighted by molar-refractivity contribution is -0.159. The van der Waals surface area contributed by atoms with E-state index < -0.39 is 18.2 Å². The third-order valence-electron chi connectivity index (χ3n) is 1.44. The fourth-order valence-electron chi connectivity index (χ4n) is 0.595. The lowest BCUT2D eigenvalue weighted by atomic mass is 10.3. The van der Waals surface area contributed by atoms with Gasteiger partial charge in [-0.15, -0.1) is 0 Å². The van der Waals surface area contributed by atoms with Crippen LogP contribution in [0.4, 0.5) is 0 Å². The number of ether oxygens (including phenoxy) is 1. The summed E-state index contributed by atoms with van der Waals surface area (Å²) < 4.78 is 4.55. The summed E-state index contributed by atoms with van der Waals surface area (Å²) in [4.78, 5) is 30.4. The van der Waals surface area contributed by atoms with Crippen LogP contribution in [0.1, 0.15) is 13.8 Å². The number of hydrogen-bond donors (Lipinski definition) is 3. The predicted octanol–water partition coefficient (Wildman–Crippen LogP) is -1.50. The molecule has 0 spiro atoms. The minimum Gasteiger partial charge on any atom is -0.479 e. The normalized spacial score (nSPS) is 21.7. The first-order valence-corrected chi connectivity index (χ1v) is 4.22. The van der Waals surface area contributed by atoms with Gasteiger partial charge in [-0.3, -0.25) is 9.59 Å². The molecule has 2 atom stereocenters. The van der Waals surface area contributed by atoms with Gasteiger partial charge >= 0.3 is 11.9 Å². The fourth-order valence-corrected chi connectivity index (χ4v) is 0.595. The third-order valence-corrected chi connectivity index (χ3v) is 1.44. The molecule has 7 heteroatoms. The van der Waals surface area contributed by atoms with E-state index in [1.165, 1.54) is 13.8 Å². The van der Waals surface area contributed by atoms with Crippen LogP contribution in [0.25, 0.3) is 0 Å². The van der Waals surface area contributed by atoms with E-state index in [4.69, 9.17) is 10.2 Å². The largest absolute Gasteiger partial charge is 0.479 e. The number of aliphatic carboxylic acids is 1. The van der Waals surface area contributed by atoms with Crippen molar-refractivity contribution in [3.05, 3.63) is 0 Å². The summed E-state index contributed by atoms with van der Waals surface area (Å²) in [5.41, 5.74) is 0. The number of carboxylic acid groups (broad SMARTS) is 1. The summed E-state index contributed by atoms with van der Waals surface area (Å²) in [7, 11) is 0. The Morgan fingerprint density at radius 3 is 2.33 bits per heavy atom. The van der Waals surface area contributed by atoms with Gasteiger partial charge in [-0.25, -0.2) is 4.79 Å². The van der Waals surface area contributed by atoms with Crippen LogP contribution in [0, 0.1) is 0 Å². The van der Waals surface area contributed by atoms with Crippen molar-refractivity contribution in [2.75, 3.05) is 6.54 Å². The molecular formula is C8H13NO6. The molecule has 0 saturated carbocycles. The van der Waals surface area contributed by atoms with E-state index in [9.17, 15) is 14.4 Å². The quantitative estimate of drug-likeness (QED) is 0.462. The molecule has 3 N–H and O–H groups in total. The Hall–Kier alpha value is -1.63. The number of esters is 1. The molecule has 15 heavy (non-hydrogen) atoms. The van der Waals surface area contributed by atoms with E-state index in [0.29, 0.717) is 0 Å². The summed E-state index contributed by atoms with van der Waals surface area (Å²) in [6.45, 7) is 2.73. The highest BCUT2D eigenvalue weighted by Crippen LogP contribution is 1.95. The van der Waals surface area contributed by atoms with Crippen molar-refractivity contribution >= 4 is 17.8 Å². The van der Waals surface area contributed by atoms with E-state index in [0.717, 1.165) is 0 Å². The number of carbonyl (C=O) groups is 3. The van der Waals surface area contributed by atoms with Gasteiger partial charge in [0.25, 0.3) is 5.91 Å². The summed E-state index contributed by atoms with van der Waals surface area (Å²) in [6, 6.07) is 0. The van der Waals surface area contributed by atoms with E-state index in [2.05, 4.69) is 10.1 Å². The molecule has 86 valence electrons. The maximum absolute atomic E-state index is 10.6. The Morgan fingerprint density at radius 1 is 1.60 bits per heavy atom. The number of cyclic esters (lactones) is 1. The van der Waals surface area contributed by atoms with Gasteiger partial charge in [0.15, 0.2) is 6.10 Å². The molecule has 0 aromatic rings. The fraction of sp³-hybridized carbons (Fsp3) is 0.625. The number of aliphatic hydroxyl groups excluding tert-OH is 1. The Morgan fingerprint density at radius 2 is 2.07 bits per heavy atom. The second kappa shape index (κ2) is 5.97. The number of nitrogens with one attached hydrogen (secondary N) is 1. The molecule has 1 aliphatic heterocycles. The molecule has 0 aromatic heterocycles. The first kappa shape index (κ1) is 13.4. The molecule has 1 amide bonds. The first-order chi connectivity index (χ1) is 6.84. The highest BCUT2D eigenvalue weighted by molar-refractivity contribution is 5.90. The zero-order valence-electron chi connectivity index (χ0n) is 8.39. The number of carboxylic acids is 1. The smallest absolute Gasteiger partial charge is 0.332 e. The minimum absolute atomic E-state index is 0.00315. The number of carbonyl (C=O) groups excluding carboxylic acids is 2. The van der Waals surface area contributed by atoms with Crippen molar-refractivity contribution in [3.63, 3.8) is 0 Å². The second-order valence-electron chi connectivity index (χ2n) is 2.86. The molecule has 1 aliphatic rings. The van der Waals surface area contributed by atoms with Crippen molar-refractivity contribution < 1.29 is 29.3 Å². The van der Waals surface area contributed by atoms with Crippen LogP contribution in [-0.4, -0.2) is 46.8 Å². The van der Waals surface area contributed by atoms with E-state index in [1.807, 2.05) is 0 Å². The summed E-state index contributed by atoms with van der Waals surface area (Å²) >= 11 is 0. The first-order valence-electron chi connectivity index (χ1n) is 4.22. The number of rotatable bonds is 1. The zero-order valence-corrected chi connectivity index (χ0v) is 8.39. The third kappa shape index (κ3) is 5.63. The molecule has 1 saturated heterocycles. The number of amides is 1. The predicted molar refractivity (Wildman–Crippen MR) is 47.9 cm³/mol. The van der Waals surface area contributed by atoms with Crippen molar-refractivity contribution in [1.82, 2.24) is 5.32 Å². The van der Waals surface area contributed by atoms with Crippen molar-refractivity contribution in [1.29, 1.82) is 0 Å². The Balaban J connectivity index is 0.000000288. The van der Waals surface area contributed by atoms with Crippen LogP contribution in [0.2, 0.25) is 0 Å². The number of hydrogen-bond acceptors (Lipinski definition) is 5. The lowest BCUT2D eigenvalue weighted by Crippen LogP contribution is -2.45. The SMILES string of the molecule is CC(O)C(=O)O.CC1OC(=O)CNC1=O. The van der Waals surface area contributed by atoms with Crippen LogP contribution < -0.4 is 5.32 Å². The zero-order chi connectivity index (χ0) is 12.0. The van der Waals surface area contributed by atoms with Crippen LogP contribution in [0.15, 0.2) is 0 Å². The molecule has 0 bridgehead atoms. The van der Waals surface area contributed by atoms with Gasteiger partial charge in [-0.1, -0.05) is 0 Å². The van der Waals surface area contributed by atoms with Gasteiger partial charge in [0.2, 0.25) is 0 Å². The van der Waals surface area contributed by atoms with Gasteiger partial charge in [0, 0.05) is 0 Å². The molecule has 0 aliphatic carbocycles. The average molecular weight is 219 g/mol. The van der Waals surface area contributed by atoms with Gasteiger partial charge in [-0.2, -0.15) is 0 Å². The highest BCUT2D eigenvalue weighted by atomic mass is 16.6. The minimum atomic E-state index is -1.23. The molecular weight excluding hydrogens is 206 g/mol. The Bertz CT molecular complexity index is 262. The number of aliphatic hydroxyl groups is 1. The highest BCUT2D eigenvalue weighted by Gasteiger charge is 2.22. The van der Waals surface area contributed by atoms with Crippen LogP contribution >= 0.6 is 0 Å². The van der Waals surface area contributed by atoms with Crippen LogP contribution in [0.3, 0.4) is 0 Å². The summed E-state index contributed by atoms with van der Waals surface area (Å²) in [6.07, 6.45) is -1.85. The van der Waals surface area contributed by atoms with Crippen LogP contribution in [0.5, 0.6) is 0 Å². The van der Waals surface area contributed by atoms with Crippen molar-refractivity contribution in [3.8, 4) is 0 Å². The maximum atomic E-state index is 10.6. The van der Waals surface area contributed by atoms with Gasteiger partial charge < -0.3 is 20.3 Å². The molecule has 7 nitrogen and oxygen atoms in total. The second-order valence-corrected chi connectivity index (χ2v) is 2.86. The molecule has 0 radical (unpaired) electrons. The van der Waals surface area contributed by atoms with Gasteiger partial charge in [0.1, 0.15) is 12.6 Å². The van der Waals surface area contributed by atoms with E-state index in [1.54, 1.807) is 0 Å². The van der Waals surface area contributed by atoms with E-state index in [-0.39, 0.29) is 18.4 Å². The van der Waals surface area contributed by atoms with Crippen LogP contribution in [-0.2, 0) is 19.1 Å². The molecule has 1 rings (SSSR count). The topological polar surface area (TPSA) is 113 Å². The summed E-state index contributed by atoms with van der Waals surface area (Å²) in [5, 5.41) is 18.1. The molecule has 1 fully saturated rings. The van der Waals surface area contributed by atoms with Gasteiger partial charge in [0.05, 0.1) is 0 Å². The molecule has 1 heterocycles. The van der Waals surface area contributed by atoms with E-state index >= 15 is 0 Å². The lowest BCUT2D eigenvalue weighted by Gasteiger charge is -2.17. The van der Waals surface area contributed by atoms with Crippen molar-refractivity contribution in [2.45, 2.75) is 26.1 Å². The van der Waals surface area contributed by atoms with Crippen molar-refractivity contribution in [2.24, 2.45) is 0 Å². The Labute approximate surface area is 86.0 Å². The molecule has 2 unspecified atom stereocenters. The molecule has 0 aromatic carbocycles.